The van der Waals surface area contributed by atoms with E-state index in [9.17, 15) is 4.39 Å². The Morgan fingerprint density at radius 3 is 2.57 bits per heavy atom. The van der Waals surface area contributed by atoms with Crippen molar-refractivity contribution in [2.24, 2.45) is 0 Å². The van der Waals surface area contributed by atoms with Gasteiger partial charge in [0.2, 0.25) is 0 Å². The highest BCUT2D eigenvalue weighted by molar-refractivity contribution is 5.53. The van der Waals surface area contributed by atoms with Crippen LogP contribution in [0.3, 0.4) is 0 Å². The standard InChI is InChI=1S/C24H32FNO2/c1-4-14-26-16-19(17-8-10-20(25)11-9-17)15-18-6-5-7-22-21(18)12-13-23(27-2)24(22)28-3/h8-13,18-19,26H,4-7,14-16H2,1-3H3. The molecule has 3 nitrogen and oxygen atoms in total. The largest absolute Gasteiger partial charge is 0.493 e. The van der Waals surface area contributed by atoms with Crippen molar-refractivity contribution in [1.29, 1.82) is 0 Å². The molecule has 3 rings (SSSR count). The van der Waals surface area contributed by atoms with Crippen molar-refractivity contribution < 1.29 is 13.9 Å². The Kier molecular flexibility index (Phi) is 7.32. The molecule has 0 fully saturated rings. The molecule has 0 aromatic heterocycles. The van der Waals surface area contributed by atoms with Gasteiger partial charge in [-0.3, -0.25) is 0 Å². The SMILES string of the molecule is CCCNCC(CC1CCCc2c1ccc(OC)c2OC)c1ccc(F)cc1. The molecule has 0 aliphatic heterocycles. The minimum absolute atomic E-state index is 0.177. The summed E-state index contributed by atoms with van der Waals surface area (Å²) in [5, 5.41) is 3.56. The molecule has 2 aromatic carbocycles. The molecule has 2 aromatic rings. The van der Waals surface area contributed by atoms with Crippen LogP contribution in [-0.4, -0.2) is 27.3 Å². The molecule has 4 heteroatoms. The second-order valence-electron chi connectivity index (χ2n) is 7.65. The number of nitrogens with one attached hydrogen (secondary N) is 1. The van der Waals surface area contributed by atoms with Gasteiger partial charge in [0.25, 0.3) is 0 Å². The number of hydrogen-bond acceptors (Lipinski definition) is 3. The molecule has 1 aliphatic rings. The fraction of sp³-hybridized carbons (Fsp3) is 0.500. The van der Waals surface area contributed by atoms with Gasteiger partial charge in [0.1, 0.15) is 5.82 Å². The third-order valence-electron chi connectivity index (χ3n) is 5.83. The number of fused-ring (bicyclic) bond motifs is 1. The summed E-state index contributed by atoms with van der Waals surface area (Å²) >= 11 is 0. The molecule has 28 heavy (non-hydrogen) atoms. The van der Waals surface area contributed by atoms with Gasteiger partial charge in [-0.2, -0.15) is 0 Å². The van der Waals surface area contributed by atoms with Crippen LogP contribution in [0.5, 0.6) is 11.5 Å². The third-order valence-corrected chi connectivity index (χ3v) is 5.83. The van der Waals surface area contributed by atoms with Crippen molar-refractivity contribution in [2.45, 2.75) is 50.9 Å². The lowest BCUT2D eigenvalue weighted by molar-refractivity contribution is 0.346. The van der Waals surface area contributed by atoms with E-state index >= 15 is 0 Å². The van der Waals surface area contributed by atoms with Crippen LogP contribution in [0.1, 0.15) is 61.1 Å². The third kappa shape index (κ3) is 4.67. The van der Waals surface area contributed by atoms with E-state index in [1.807, 2.05) is 18.2 Å². The van der Waals surface area contributed by atoms with Crippen LogP contribution >= 0.6 is 0 Å². The lowest BCUT2D eigenvalue weighted by Gasteiger charge is -2.31. The summed E-state index contributed by atoms with van der Waals surface area (Å²) in [5.41, 5.74) is 3.88. The summed E-state index contributed by atoms with van der Waals surface area (Å²) in [7, 11) is 3.41. The van der Waals surface area contributed by atoms with E-state index in [0.717, 1.165) is 50.3 Å². The van der Waals surface area contributed by atoms with Crippen molar-refractivity contribution in [3.05, 3.63) is 58.9 Å². The monoisotopic (exact) mass is 385 g/mol. The molecule has 0 spiro atoms. The van der Waals surface area contributed by atoms with Crippen molar-refractivity contribution in [2.75, 3.05) is 27.3 Å². The van der Waals surface area contributed by atoms with Gasteiger partial charge >= 0.3 is 0 Å². The molecule has 152 valence electrons. The van der Waals surface area contributed by atoms with E-state index < -0.39 is 0 Å². The topological polar surface area (TPSA) is 30.5 Å². The van der Waals surface area contributed by atoms with Gasteiger partial charge in [0.05, 0.1) is 14.2 Å². The molecular weight excluding hydrogens is 353 g/mol. The Bertz CT molecular complexity index is 760. The molecule has 0 heterocycles. The van der Waals surface area contributed by atoms with E-state index in [2.05, 4.69) is 18.3 Å². The highest BCUT2D eigenvalue weighted by Crippen LogP contribution is 2.44. The zero-order valence-corrected chi connectivity index (χ0v) is 17.3. The minimum Gasteiger partial charge on any atom is -0.493 e. The van der Waals surface area contributed by atoms with Crippen molar-refractivity contribution in [3.8, 4) is 11.5 Å². The van der Waals surface area contributed by atoms with Gasteiger partial charge in [-0.15, -0.1) is 0 Å². The van der Waals surface area contributed by atoms with Gasteiger partial charge in [-0.1, -0.05) is 25.1 Å². The van der Waals surface area contributed by atoms with Crippen LogP contribution in [-0.2, 0) is 6.42 Å². The summed E-state index contributed by atoms with van der Waals surface area (Å²) in [4.78, 5) is 0. The zero-order valence-electron chi connectivity index (χ0n) is 17.3. The summed E-state index contributed by atoms with van der Waals surface area (Å²) in [6, 6.07) is 11.3. The highest BCUT2D eigenvalue weighted by Gasteiger charge is 2.27. The Hall–Kier alpha value is -2.07. The average molecular weight is 386 g/mol. The number of ether oxygens (including phenoxy) is 2. The van der Waals surface area contributed by atoms with Gasteiger partial charge in [-0.25, -0.2) is 4.39 Å². The highest BCUT2D eigenvalue weighted by atomic mass is 19.1. The smallest absolute Gasteiger partial charge is 0.164 e. The van der Waals surface area contributed by atoms with Crippen LogP contribution in [0.2, 0.25) is 0 Å². The average Bonchev–Trinajstić information content (AvgIpc) is 2.73. The normalized spacial score (nSPS) is 17.1. The molecule has 0 bridgehead atoms. The van der Waals surface area contributed by atoms with Gasteiger partial charge in [0, 0.05) is 12.1 Å². The Morgan fingerprint density at radius 2 is 1.89 bits per heavy atom. The molecule has 0 saturated heterocycles. The second kappa shape index (κ2) is 9.92. The maximum Gasteiger partial charge on any atom is 0.164 e. The van der Waals surface area contributed by atoms with E-state index in [1.54, 1.807) is 26.4 Å². The zero-order chi connectivity index (χ0) is 19.9. The molecule has 0 saturated carbocycles. The number of methoxy groups -OCH3 is 2. The van der Waals surface area contributed by atoms with Crippen molar-refractivity contribution in [3.63, 3.8) is 0 Å². The predicted octanol–water partition coefficient (Wildman–Crippen LogP) is 5.44. The fourth-order valence-corrected chi connectivity index (χ4v) is 4.44. The Labute approximate surface area is 168 Å². The maximum absolute atomic E-state index is 13.4. The van der Waals surface area contributed by atoms with Crippen LogP contribution in [0, 0.1) is 5.82 Å². The van der Waals surface area contributed by atoms with E-state index in [4.69, 9.17) is 9.47 Å². The fourth-order valence-electron chi connectivity index (χ4n) is 4.44. The number of halogens is 1. The van der Waals surface area contributed by atoms with Crippen LogP contribution in [0.4, 0.5) is 4.39 Å². The first-order chi connectivity index (χ1) is 13.7. The van der Waals surface area contributed by atoms with Gasteiger partial charge in [0.15, 0.2) is 11.5 Å². The van der Waals surface area contributed by atoms with Gasteiger partial charge in [-0.05, 0) is 79.8 Å². The Balaban J connectivity index is 1.86. The van der Waals surface area contributed by atoms with E-state index in [1.165, 1.54) is 23.1 Å². The molecule has 2 unspecified atom stereocenters. The number of benzene rings is 2. The van der Waals surface area contributed by atoms with E-state index in [-0.39, 0.29) is 5.82 Å². The van der Waals surface area contributed by atoms with Crippen molar-refractivity contribution in [1.82, 2.24) is 5.32 Å². The van der Waals surface area contributed by atoms with Crippen LogP contribution in [0.25, 0.3) is 0 Å². The molecular formula is C24H32FNO2. The maximum atomic E-state index is 13.4. The first kappa shape index (κ1) is 20.7. The van der Waals surface area contributed by atoms with Gasteiger partial charge < -0.3 is 14.8 Å². The molecule has 1 aliphatic carbocycles. The first-order valence-corrected chi connectivity index (χ1v) is 10.4. The van der Waals surface area contributed by atoms with Crippen molar-refractivity contribution >= 4 is 0 Å². The summed E-state index contributed by atoms with van der Waals surface area (Å²) in [5.74, 6) is 2.34. The summed E-state index contributed by atoms with van der Waals surface area (Å²) in [6.45, 7) is 4.10. The number of rotatable bonds is 9. The summed E-state index contributed by atoms with van der Waals surface area (Å²) < 4.78 is 24.6. The van der Waals surface area contributed by atoms with Crippen LogP contribution < -0.4 is 14.8 Å². The molecule has 0 amide bonds. The predicted molar refractivity (Wildman–Crippen MR) is 112 cm³/mol. The molecule has 2 atom stereocenters. The lowest BCUT2D eigenvalue weighted by atomic mass is 9.76. The number of hydrogen-bond donors (Lipinski definition) is 1. The quantitative estimate of drug-likeness (QED) is 0.583. The van der Waals surface area contributed by atoms with Crippen LogP contribution in [0.15, 0.2) is 36.4 Å². The second-order valence-corrected chi connectivity index (χ2v) is 7.65. The summed E-state index contributed by atoms with van der Waals surface area (Å²) in [6.07, 6.45) is 5.51. The Morgan fingerprint density at radius 1 is 1.11 bits per heavy atom. The molecule has 0 radical (unpaired) electrons. The lowest BCUT2D eigenvalue weighted by Crippen LogP contribution is -2.24. The van der Waals surface area contributed by atoms with E-state index in [0.29, 0.717) is 11.8 Å². The first-order valence-electron chi connectivity index (χ1n) is 10.4. The minimum atomic E-state index is -0.177. The molecule has 1 N–H and O–H groups in total.